The van der Waals surface area contributed by atoms with Gasteiger partial charge in [-0.25, -0.2) is 0 Å². The van der Waals surface area contributed by atoms with Crippen LogP contribution in [0, 0.1) is 0 Å². The molecule has 5 nitrogen and oxygen atoms in total. The van der Waals surface area contributed by atoms with Gasteiger partial charge in [0.2, 0.25) is 0 Å². The zero-order valence-corrected chi connectivity index (χ0v) is 11.8. The summed E-state index contributed by atoms with van der Waals surface area (Å²) in [6.07, 6.45) is 3.52. The highest BCUT2D eigenvalue weighted by atomic mass is 16.5. The van der Waals surface area contributed by atoms with E-state index in [1.807, 2.05) is 36.4 Å². The van der Waals surface area contributed by atoms with Crippen molar-refractivity contribution in [2.75, 3.05) is 14.2 Å². The number of ether oxygens (including phenoxy) is 2. The van der Waals surface area contributed by atoms with E-state index in [1.54, 1.807) is 26.6 Å². The Morgan fingerprint density at radius 1 is 1.00 bits per heavy atom. The average Bonchev–Trinajstić information content (AvgIpc) is 3.04. The first-order valence-electron chi connectivity index (χ1n) is 6.50. The first-order valence-corrected chi connectivity index (χ1v) is 6.50. The topological polar surface area (TPSA) is 60.0 Å². The van der Waals surface area contributed by atoms with E-state index in [-0.39, 0.29) is 0 Å². The molecule has 106 valence electrons. The number of benzene rings is 1. The van der Waals surface area contributed by atoms with Gasteiger partial charge in [-0.2, -0.15) is 5.10 Å². The molecule has 0 aliphatic rings. The molecule has 0 atom stereocenters. The maximum atomic E-state index is 5.44. The van der Waals surface area contributed by atoms with Crippen molar-refractivity contribution in [1.29, 1.82) is 0 Å². The number of hydrogen-bond acceptors (Lipinski definition) is 4. The van der Waals surface area contributed by atoms with Gasteiger partial charge >= 0.3 is 0 Å². The number of nitrogens with zero attached hydrogens (tertiary/aromatic N) is 2. The number of aromatic amines is 1. The van der Waals surface area contributed by atoms with Crippen LogP contribution in [-0.4, -0.2) is 29.4 Å². The lowest BCUT2D eigenvalue weighted by atomic mass is 10.0. The molecule has 0 radical (unpaired) electrons. The van der Waals surface area contributed by atoms with Crippen LogP contribution in [0.25, 0.3) is 22.5 Å². The van der Waals surface area contributed by atoms with Gasteiger partial charge in [0, 0.05) is 17.3 Å². The number of hydrogen-bond donors (Lipinski definition) is 1. The second-order valence-electron chi connectivity index (χ2n) is 4.44. The van der Waals surface area contributed by atoms with Crippen LogP contribution < -0.4 is 9.47 Å². The molecular formula is C16H15N3O2. The summed E-state index contributed by atoms with van der Waals surface area (Å²) < 4.78 is 10.7. The molecule has 0 saturated heterocycles. The maximum Gasteiger partial charge on any atom is 0.128 e. The van der Waals surface area contributed by atoms with Gasteiger partial charge in [-0.05, 0) is 30.3 Å². The van der Waals surface area contributed by atoms with E-state index in [2.05, 4.69) is 15.2 Å². The minimum absolute atomic E-state index is 0.747. The summed E-state index contributed by atoms with van der Waals surface area (Å²) in [5, 5.41) is 7.17. The molecular weight excluding hydrogens is 266 g/mol. The number of rotatable bonds is 4. The van der Waals surface area contributed by atoms with Crippen LogP contribution in [0.15, 0.2) is 48.8 Å². The van der Waals surface area contributed by atoms with Crippen LogP contribution in [0.5, 0.6) is 11.5 Å². The van der Waals surface area contributed by atoms with Crippen LogP contribution >= 0.6 is 0 Å². The molecule has 0 fully saturated rings. The Morgan fingerprint density at radius 3 is 2.62 bits per heavy atom. The third-order valence-corrected chi connectivity index (χ3v) is 3.26. The van der Waals surface area contributed by atoms with Crippen LogP contribution in [-0.2, 0) is 0 Å². The molecule has 3 rings (SSSR count). The second kappa shape index (κ2) is 5.66. The highest BCUT2D eigenvalue weighted by Crippen LogP contribution is 2.37. The fourth-order valence-corrected chi connectivity index (χ4v) is 2.22. The third-order valence-electron chi connectivity index (χ3n) is 3.26. The maximum absolute atomic E-state index is 5.44. The summed E-state index contributed by atoms with van der Waals surface area (Å²) in [4.78, 5) is 4.37. The van der Waals surface area contributed by atoms with Crippen molar-refractivity contribution in [3.8, 4) is 34.0 Å². The molecule has 21 heavy (non-hydrogen) atoms. The van der Waals surface area contributed by atoms with Gasteiger partial charge in [-0.3, -0.25) is 10.1 Å². The van der Waals surface area contributed by atoms with Crippen molar-refractivity contribution < 1.29 is 9.47 Å². The van der Waals surface area contributed by atoms with Crippen molar-refractivity contribution >= 4 is 0 Å². The molecule has 0 aliphatic carbocycles. The molecule has 0 amide bonds. The molecule has 1 aromatic carbocycles. The lowest BCUT2D eigenvalue weighted by Crippen LogP contribution is -1.92. The van der Waals surface area contributed by atoms with Crippen molar-refractivity contribution in [1.82, 2.24) is 15.2 Å². The fraction of sp³-hybridized carbons (Fsp3) is 0.125. The average molecular weight is 281 g/mol. The Balaban J connectivity index is 2.16. The second-order valence-corrected chi connectivity index (χ2v) is 4.44. The SMILES string of the molecule is COc1ccc(OC)c(-c2[nH]ncc2-c2ccccn2)c1. The minimum Gasteiger partial charge on any atom is -0.497 e. The van der Waals surface area contributed by atoms with Crippen LogP contribution in [0.3, 0.4) is 0 Å². The Bertz CT molecular complexity index is 738. The van der Waals surface area contributed by atoms with Crippen molar-refractivity contribution in [3.63, 3.8) is 0 Å². The summed E-state index contributed by atoms with van der Waals surface area (Å²) in [5.41, 5.74) is 3.51. The summed E-state index contributed by atoms with van der Waals surface area (Å²) >= 11 is 0. The highest BCUT2D eigenvalue weighted by Gasteiger charge is 2.15. The lowest BCUT2D eigenvalue weighted by Gasteiger charge is -2.10. The molecule has 2 heterocycles. The van der Waals surface area contributed by atoms with Gasteiger partial charge in [0.1, 0.15) is 11.5 Å². The van der Waals surface area contributed by atoms with Gasteiger partial charge in [0.25, 0.3) is 0 Å². The standard InChI is InChI=1S/C16H15N3O2/c1-20-11-6-7-15(21-2)12(9-11)16-13(10-18-19-16)14-5-3-4-8-17-14/h3-10H,1-2H3,(H,18,19). The van der Waals surface area contributed by atoms with Crippen molar-refractivity contribution in [3.05, 3.63) is 48.8 Å². The number of H-pyrrole nitrogens is 1. The molecule has 0 bridgehead atoms. The van der Waals surface area contributed by atoms with Gasteiger partial charge in [-0.1, -0.05) is 6.07 Å². The summed E-state index contributed by atoms with van der Waals surface area (Å²) in [7, 11) is 3.28. The zero-order valence-electron chi connectivity index (χ0n) is 11.8. The Labute approximate surface area is 122 Å². The normalized spacial score (nSPS) is 10.4. The molecule has 5 heteroatoms. The smallest absolute Gasteiger partial charge is 0.128 e. The predicted octanol–water partition coefficient (Wildman–Crippen LogP) is 3.16. The number of pyridine rings is 1. The van der Waals surface area contributed by atoms with E-state index in [1.165, 1.54) is 0 Å². The molecule has 0 unspecified atom stereocenters. The number of aromatic nitrogens is 3. The Kier molecular flexibility index (Phi) is 3.55. The summed E-state index contributed by atoms with van der Waals surface area (Å²) in [5.74, 6) is 1.50. The van der Waals surface area contributed by atoms with Gasteiger partial charge in [0.05, 0.1) is 31.8 Å². The molecule has 0 saturated carbocycles. The molecule has 1 N–H and O–H groups in total. The van der Waals surface area contributed by atoms with E-state index in [0.29, 0.717) is 0 Å². The third kappa shape index (κ3) is 2.45. The Hall–Kier alpha value is -2.82. The highest BCUT2D eigenvalue weighted by molar-refractivity contribution is 5.82. The number of nitrogens with one attached hydrogen (secondary N) is 1. The van der Waals surface area contributed by atoms with E-state index in [9.17, 15) is 0 Å². The fourth-order valence-electron chi connectivity index (χ4n) is 2.22. The van der Waals surface area contributed by atoms with Crippen LogP contribution in [0.4, 0.5) is 0 Å². The minimum atomic E-state index is 0.747. The van der Waals surface area contributed by atoms with Gasteiger partial charge in [-0.15, -0.1) is 0 Å². The Morgan fingerprint density at radius 2 is 1.90 bits per heavy atom. The first-order chi connectivity index (χ1) is 10.3. The zero-order chi connectivity index (χ0) is 14.7. The quantitative estimate of drug-likeness (QED) is 0.798. The predicted molar refractivity (Wildman–Crippen MR) is 80.4 cm³/mol. The monoisotopic (exact) mass is 281 g/mol. The van der Waals surface area contributed by atoms with E-state index in [4.69, 9.17) is 9.47 Å². The lowest BCUT2D eigenvalue weighted by molar-refractivity contribution is 0.404. The van der Waals surface area contributed by atoms with Crippen molar-refractivity contribution in [2.24, 2.45) is 0 Å². The summed E-state index contributed by atoms with van der Waals surface area (Å²) in [6.45, 7) is 0. The summed E-state index contributed by atoms with van der Waals surface area (Å²) in [6, 6.07) is 11.4. The molecule has 0 spiro atoms. The largest absolute Gasteiger partial charge is 0.497 e. The van der Waals surface area contributed by atoms with Gasteiger partial charge < -0.3 is 9.47 Å². The van der Waals surface area contributed by atoms with E-state index < -0.39 is 0 Å². The van der Waals surface area contributed by atoms with E-state index >= 15 is 0 Å². The molecule has 2 aromatic heterocycles. The molecule has 0 aliphatic heterocycles. The van der Waals surface area contributed by atoms with E-state index in [0.717, 1.165) is 34.0 Å². The van der Waals surface area contributed by atoms with Crippen molar-refractivity contribution in [2.45, 2.75) is 0 Å². The number of methoxy groups -OCH3 is 2. The van der Waals surface area contributed by atoms with Crippen LogP contribution in [0.1, 0.15) is 0 Å². The molecule has 3 aromatic rings. The van der Waals surface area contributed by atoms with Crippen LogP contribution in [0.2, 0.25) is 0 Å². The first kappa shape index (κ1) is 13.2. The van der Waals surface area contributed by atoms with Gasteiger partial charge in [0.15, 0.2) is 0 Å².